The molecule has 26 nitrogen and oxygen atoms in total. The average molecular weight is 1780 g/mol. The van der Waals surface area contributed by atoms with Crippen molar-refractivity contribution in [3.8, 4) is 47.4 Å². The second-order valence-electron chi connectivity index (χ2n) is 28.3. The van der Waals surface area contributed by atoms with Gasteiger partial charge in [0.1, 0.15) is 11.8 Å². The number of amides is 5. The van der Waals surface area contributed by atoms with Crippen molar-refractivity contribution in [1.29, 1.82) is 0 Å². The van der Waals surface area contributed by atoms with Crippen LogP contribution in [0.15, 0.2) is 248 Å². The third-order valence-electron chi connectivity index (χ3n) is 17.2. The molecule has 0 aliphatic heterocycles. The molecule has 5 amide bonds. The molecule has 0 fully saturated rings. The number of carboxylic acid groups (broad SMARTS) is 2. The summed E-state index contributed by atoms with van der Waals surface area (Å²) < 4.78 is 1.72. The SMILES string of the molecule is C=C(C)n1cccn1.CC(=O)[C@H](Cc1ccc(C#Cc2ccccc2)cc1)NC(=O)CNC(=O)[C@@H](C)N=C(N)N.CC(=O)[C@H](Cc1ccc(C#Cc2ccccc2)cc1)NC(=O)CNC(=O)[C@@H](C)NCl.CC(=O)[C@H](Cc1ccc(C#Cc2ccccc2)cc1)NC(=O)CNCl.CC(=O)[C@H](Cc1ccc(C#Cc2ccccc2)cc1)NCl.CC(C)C(=O)O.CCC(=O)O. The predicted octanol–water partition coefficient (Wildman–Crippen LogP) is 10.8. The predicted molar refractivity (Wildman–Crippen MR) is 499 cm³/mol. The Balaban J connectivity index is 0.000000410. The number of hydrogen-bond acceptors (Lipinski definition) is 16. The van der Waals surface area contributed by atoms with Crippen LogP contribution in [-0.4, -0.2) is 146 Å². The monoisotopic (exact) mass is 1780 g/mol. The third kappa shape index (κ3) is 48.0. The number of nitrogens with zero attached hydrogens (tertiary/aromatic N) is 3. The Kier molecular flexibility index (Phi) is 51.7. The van der Waals surface area contributed by atoms with Gasteiger partial charge >= 0.3 is 11.9 Å². The molecule has 0 spiro atoms. The van der Waals surface area contributed by atoms with E-state index in [0.717, 1.165) is 72.5 Å². The van der Waals surface area contributed by atoms with E-state index in [9.17, 15) is 52.7 Å². The Morgan fingerprint density at radius 1 is 0.409 bits per heavy atom. The van der Waals surface area contributed by atoms with E-state index in [4.69, 9.17) is 57.0 Å². The molecule has 9 rings (SSSR count). The molecule has 127 heavy (non-hydrogen) atoms. The standard InChI is InChI=1S/C24H27N5O3.C23H24ClN3O3.C20H19ClN2O2.C18H16ClNO.C6H8N2.C4H8O2.C3H6O2/c1-16(28-24(25)26)23(32)27-15-22(31)29-21(17(2)30)14-20-12-10-19(11-13-20)9-8-18-6-4-3-5-7-18;1-16(27-24)23(30)25-15-22(29)26-21(17(2)28)14-20-12-10-19(11-13-20)9-8-18-6-4-3-5-7-18;1-15(24)19(23-20(25)14-22-21)13-18-11-9-17(10-12-18)8-7-16-5-3-2-4-6-16;1-14(21)18(20-19)13-17-11-9-16(10-12-17)8-7-15-5-3-2-4-6-15;1-6(2)8-5-3-4-7-8;1-3(2)4(5)6;1-2-3(4)5/h3-7,10-13,16,21H,14-15H2,1-2H3,(H,27,32)(H,29,31)(H4,25,26,28);3-7,10-13,16,21,27H,14-15H2,1-2H3,(H,25,30)(H,26,29);2-6,9-12,19,22H,13-14H2,1H3,(H,23,25);2-6,9-12,18,20H,13H2,1H3;3-5H,1H2,2H3;3H,1-2H3,(H,5,6);2H2,1H3,(H,4,5)/t2*16-,21+;19-;18-;;;/m1100.../s1. The van der Waals surface area contributed by atoms with E-state index in [0.29, 0.717) is 25.7 Å². The zero-order valence-electron chi connectivity index (χ0n) is 72.4. The number of benzene rings is 8. The number of aliphatic carboxylic acids is 2. The van der Waals surface area contributed by atoms with Crippen molar-refractivity contribution in [1.82, 2.24) is 50.9 Å². The van der Waals surface area contributed by atoms with Crippen LogP contribution in [0.25, 0.3) is 5.70 Å². The Morgan fingerprint density at radius 2 is 0.677 bits per heavy atom. The van der Waals surface area contributed by atoms with Gasteiger partial charge in [0.2, 0.25) is 29.5 Å². The number of rotatable bonds is 29. The normalized spacial score (nSPS) is 11.2. The summed E-state index contributed by atoms with van der Waals surface area (Å²) in [5.74, 6) is 20.3. The summed E-state index contributed by atoms with van der Waals surface area (Å²) in [6, 6.07) is 67.6. The fourth-order valence-corrected chi connectivity index (χ4v) is 10.4. The minimum absolute atomic E-state index is 0.0259. The molecule has 0 bridgehead atoms. The minimum Gasteiger partial charge on any atom is -0.481 e. The third-order valence-corrected chi connectivity index (χ3v) is 17.9. The van der Waals surface area contributed by atoms with Gasteiger partial charge in [0.05, 0.1) is 55.8 Å². The molecule has 0 unspecified atom stereocenters. The quantitative estimate of drug-likeness (QED) is 0.00896. The maximum Gasteiger partial charge on any atom is 0.305 e. The Morgan fingerprint density at radius 3 is 0.890 bits per heavy atom. The molecule has 0 saturated carbocycles. The first-order valence-electron chi connectivity index (χ1n) is 40.0. The lowest BCUT2D eigenvalue weighted by Crippen LogP contribution is -2.48. The van der Waals surface area contributed by atoms with Gasteiger partial charge < -0.3 is 48.3 Å². The molecule has 6 atom stereocenters. The van der Waals surface area contributed by atoms with Crippen LogP contribution in [0.1, 0.15) is 142 Å². The number of Topliss-reactive ketones (excluding diaryl/α,β-unsaturated/α-hetero) is 4. The van der Waals surface area contributed by atoms with Crippen molar-refractivity contribution in [3.63, 3.8) is 0 Å². The highest BCUT2D eigenvalue weighted by molar-refractivity contribution is 6.15. The summed E-state index contributed by atoms with van der Waals surface area (Å²) >= 11 is 16.2. The maximum atomic E-state index is 12.2. The zero-order chi connectivity index (χ0) is 94.0. The Labute approximate surface area is 758 Å². The first-order chi connectivity index (χ1) is 60.6. The summed E-state index contributed by atoms with van der Waals surface area (Å²) in [5.41, 5.74) is 22.5. The highest BCUT2D eigenvalue weighted by Crippen LogP contribution is 2.14. The molecule has 0 aliphatic carbocycles. The fraction of sp³-hybridized carbons (Fsp3) is 0.255. The van der Waals surface area contributed by atoms with Gasteiger partial charge in [-0.3, -0.25) is 52.7 Å². The molecule has 9 aromatic rings. The number of nitrogens with one attached hydrogen (secondary N) is 8. The molecular weight excluding hydrogens is 1670 g/mol. The number of carbonyl (C=O) groups excluding carboxylic acids is 9. The van der Waals surface area contributed by atoms with Crippen LogP contribution in [0.4, 0.5) is 0 Å². The van der Waals surface area contributed by atoms with Crippen LogP contribution in [0.3, 0.4) is 0 Å². The molecule has 1 aromatic heterocycles. The van der Waals surface area contributed by atoms with E-state index in [-0.39, 0.29) is 73.0 Å². The first kappa shape index (κ1) is 107. The summed E-state index contributed by atoms with van der Waals surface area (Å²) in [5, 5.41) is 32.5. The molecule has 14 N–H and O–H groups in total. The largest absolute Gasteiger partial charge is 0.481 e. The van der Waals surface area contributed by atoms with Gasteiger partial charge in [-0.25, -0.2) is 24.2 Å². The van der Waals surface area contributed by atoms with E-state index in [2.05, 4.69) is 105 Å². The number of allylic oxidation sites excluding steroid dienone is 1. The molecule has 664 valence electrons. The fourth-order valence-electron chi connectivity index (χ4n) is 9.91. The van der Waals surface area contributed by atoms with Crippen LogP contribution in [0.5, 0.6) is 0 Å². The number of aromatic nitrogens is 2. The van der Waals surface area contributed by atoms with Gasteiger partial charge in [-0.05, 0) is 235 Å². The van der Waals surface area contributed by atoms with Crippen molar-refractivity contribution in [2.24, 2.45) is 22.4 Å². The van der Waals surface area contributed by atoms with Crippen LogP contribution < -0.4 is 52.6 Å². The van der Waals surface area contributed by atoms with Crippen LogP contribution >= 0.6 is 35.3 Å². The Hall–Kier alpha value is -14.1. The van der Waals surface area contributed by atoms with E-state index >= 15 is 0 Å². The number of carbonyl (C=O) groups is 11. The molecule has 8 aromatic carbocycles. The molecular formula is C98H108Cl3N13O13. The van der Waals surface area contributed by atoms with E-state index in [1.807, 2.05) is 238 Å². The van der Waals surface area contributed by atoms with Crippen LogP contribution in [-0.2, 0) is 78.4 Å². The first-order valence-corrected chi connectivity index (χ1v) is 41.1. The van der Waals surface area contributed by atoms with E-state index in [1.165, 1.54) is 34.6 Å². The van der Waals surface area contributed by atoms with Gasteiger partial charge in [-0.1, -0.05) is 196 Å². The molecule has 0 saturated heterocycles. The van der Waals surface area contributed by atoms with E-state index in [1.54, 1.807) is 38.6 Å². The lowest BCUT2D eigenvalue weighted by atomic mass is 10.0. The van der Waals surface area contributed by atoms with Crippen molar-refractivity contribution in [3.05, 3.63) is 310 Å². The number of ketones is 4. The van der Waals surface area contributed by atoms with Crippen LogP contribution in [0.2, 0.25) is 0 Å². The van der Waals surface area contributed by atoms with Crippen molar-refractivity contribution in [2.45, 2.75) is 138 Å². The second-order valence-corrected chi connectivity index (χ2v) is 29.0. The molecule has 29 heteroatoms. The summed E-state index contributed by atoms with van der Waals surface area (Å²) in [4.78, 5) is 136. The number of nitrogens with two attached hydrogens (primary N) is 2. The number of guanidine groups is 1. The summed E-state index contributed by atoms with van der Waals surface area (Å²) in [7, 11) is 0. The van der Waals surface area contributed by atoms with Gasteiger partial charge in [0, 0.05) is 69.0 Å². The zero-order valence-corrected chi connectivity index (χ0v) is 74.7. The van der Waals surface area contributed by atoms with Gasteiger partial charge in [0.15, 0.2) is 23.3 Å². The number of hydrogen-bond donors (Lipinski definition) is 12. The average Bonchev–Trinajstić information content (AvgIpc) is 1.58. The van der Waals surface area contributed by atoms with Gasteiger partial charge in [-0.15, -0.1) is 0 Å². The van der Waals surface area contributed by atoms with Crippen molar-refractivity contribution in [2.75, 3.05) is 19.6 Å². The van der Waals surface area contributed by atoms with Crippen molar-refractivity contribution < 1.29 is 63.0 Å². The number of carboxylic acids is 2. The Bertz CT molecular complexity index is 5290. The number of aliphatic imine (C=N–C) groups is 1. The van der Waals surface area contributed by atoms with Crippen molar-refractivity contribution >= 4 is 112 Å². The van der Waals surface area contributed by atoms with Crippen LogP contribution in [0, 0.1) is 53.3 Å². The topological polar surface area (TPSA) is 407 Å². The highest BCUT2D eigenvalue weighted by Gasteiger charge is 2.23. The van der Waals surface area contributed by atoms with E-state index < -0.39 is 65.8 Å². The molecule has 1 heterocycles. The highest BCUT2D eigenvalue weighted by atomic mass is 35.5. The molecule has 0 aliphatic rings. The van der Waals surface area contributed by atoms with Gasteiger partial charge in [-0.2, -0.15) is 5.10 Å². The van der Waals surface area contributed by atoms with Gasteiger partial charge in [0.25, 0.3) is 0 Å². The lowest BCUT2D eigenvalue weighted by Gasteiger charge is -2.17. The smallest absolute Gasteiger partial charge is 0.305 e. The summed E-state index contributed by atoms with van der Waals surface area (Å²) in [6.45, 7) is 18.8. The lowest BCUT2D eigenvalue weighted by molar-refractivity contribution is -0.140. The maximum absolute atomic E-state index is 12.2. The number of halogens is 3. The molecule has 0 radical (unpaired) electrons. The summed E-state index contributed by atoms with van der Waals surface area (Å²) in [6.07, 6.45) is 5.49. The minimum atomic E-state index is -0.820. The second kappa shape index (κ2) is 61.3.